The number of nitrogens with one attached hydrogen (secondary N) is 1. The van der Waals surface area contributed by atoms with Crippen molar-refractivity contribution in [1.82, 2.24) is 5.32 Å². The number of aryl methyl sites for hydroxylation is 2. The fourth-order valence-electron chi connectivity index (χ4n) is 3.52. The molecule has 0 radical (unpaired) electrons. The second-order valence-electron chi connectivity index (χ2n) is 6.37. The number of rotatable bonds is 4. The molecule has 1 aliphatic heterocycles. The van der Waals surface area contributed by atoms with Gasteiger partial charge in [-0.1, -0.05) is 13.0 Å². The Morgan fingerprint density at radius 1 is 1.19 bits per heavy atom. The van der Waals surface area contributed by atoms with Gasteiger partial charge in [0.25, 0.3) is 0 Å². The Kier molecular flexibility index (Phi) is 4.79. The van der Waals surface area contributed by atoms with Gasteiger partial charge in [-0.25, -0.2) is 8.42 Å². The zero-order chi connectivity index (χ0) is 15.8. The van der Waals surface area contributed by atoms with Crippen LogP contribution in [0.4, 0.5) is 0 Å². The summed E-state index contributed by atoms with van der Waals surface area (Å²) in [5, 5.41) is 3.55. The highest BCUT2D eigenvalue weighted by Gasteiger charge is 2.35. The zero-order valence-corrected chi connectivity index (χ0v) is 14.6. The molecular weight excluding hydrogens is 282 g/mol. The van der Waals surface area contributed by atoms with Gasteiger partial charge in [0, 0.05) is 6.04 Å². The Morgan fingerprint density at radius 2 is 1.76 bits per heavy atom. The third kappa shape index (κ3) is 3.32. The first kappa shape index (κ1) is 16.5. The molecule has 0 aromatic heterocycles. The third-order valence-electron chi connectivity index (χ3n) is 4.90. The van der Waals surface area contributed by atoms with E-state index in [1.807, 2.05) is 0 Å². The van der Waals surface area contributed by atoms with Crippen molar-refractivity contribution in [2.75, 3.05) is 18.1 Å². The van der Waals surface area contributed by atoms with Gasteiger partial charge in [-0.15, -0.1) is 0 Å². The van der Waals surface area contributed by atoms with Crippen molar-refractivity contribution in [3.8, 4) is 0 Å². The van der Waals surface area contributed by atoms with Gasteiger partial charge < -0.3 is 5.32 Å². The Balaban J connectivity index is 2.49. The van der Waals surface area contributed by atoms with Crippen molar-refractivity contribution < 1.29 is 8.42 Å². The minimum absolute atomic E-state index is 0.144. The fourth-order valence-corrected chi connectivity index (χ4v) is 5.36. The molecule has 3 nitrogen and oxygen atoms in total. The molecule has 1 aromatic carbocycles. The molecule has 118 valence electrons. The van der Waals surface area contributed by atoms with E-state index in [9.17, 15) is 8.42 Å². The summed E-state index contributed by atoms with van der Waals surface area (Å²) in [5.74, 6) is 0.840. The van der Waals surface area contributed by atoms with Crippen molar-refractivity contribution in [3.05, 3.63) is 33.9 Å². The van der Waals surface area contributed by atoms with Crippen LogP contribution in [-0.2, 0) is 9.84 Å². The summed E-state index contributed by atoms with van der Waals surface area (Å²) in [6.45, 7) is 11.5. The van der Waals surface area contributed by atoms with Crippen LogP contribution in [0.5, 0.6) is 0 Å². The molecule has 1 aliphatic rings. The molecule has 1 N–H and O–H groups in total. The second-order valence-corrected chi connectivity index (χ2v) is 8.60. The van der Waals surface area contributed by atoms with Gasteiger partial charge >= 0.3 is 0 Å². The summed E-state index contributed by atoms with van der Waals surface area (Å²) in [6, 6.07) is 2.37. The van der Waals surface area contributed by atoms with Gasteiger partial charge in [-0.3, -0.25) is 0 Å². The van der Waals surface area contributed by atoms with Crippen molar-refractivity contribution in [1.29, 1.82) is 0 Å². The molecule has 0 saturated carbocycles. The first-order chi connectivity index (χ1) is 9.76. The molecule has 0 amide bonds. The van der Waals surface area contributed by atoms with E-state index in [2.05, 4.69) is 46.0 Å². The molecule has 1 fully saturated rings. The van der Waals surface area contributed by atoms with E-state index in [1.165, 1.54) is 27.8 Å². The third-order valence-corrected chi connectivity index (χ3v) is 6.69. The topological polar surface area (TPSA) is 46.2 Å². The smallest absolute Gasteiger partial charge is 0.150 e. The monoisotopic (exact) mass is 309 g/mol. The molecule has 0 aliphatic carbocycles. The van der Waals surface area contributed by atoms with Gasteiger partial charge in [0.15, 0.2) is 9.84 Å². The van der Waals surface area contributed by atoms with Crippen molar-refractivity contribution in [3.63, 3.8) is 0 Å². The molecule has 2 rings (SSSR count). The van der Waals surface area contributed by atoms with E-state index in [-0.39, 0.29) is 12.0 Å². The minimum atomic E-state index is -2.85. The van der Waals surface area contributed by atoms with Crippen LogP contribution >= 0.6 is 0 Å². The molecular formula is C17H27NO2S. The largest absolute Gasteiger partial charge is 0.310 e. The van der Waals surface area contributed by atoms with Crippen LogP contribution in [0.15, 0.2) is 6.07 Å². The van der Waals surface area contributed by atoms with E-state index < -0.39 is 9.84 Å². The number of benzene rings is 1. The first-order valence-electron chi connectivity index (χ1n) is 7.78. The lowest BCUT2D eigenvalue weighted by molar-refractivity contribution is 0.397. The molecule has 0 spiro atoms. The zero-order valence-electron chi connectivity index (χ0n) is 13.8. The molecule has 2 atom stereocenters. The maximum absolute atomic E-state index is 11.9. The lowest BCUT2D eigenvalue weighted by Crippen LogP contribution is -2.30. The predicted molar refractivity (Wildman–Crippen MR) is 88.6 cm³/mol. The highest BCUT2D eigenvalue weighted by atomic mass is 32.2. The van der Waals surface area contributed by atoms with Crippen molar-refractivity contribution in [2.24, 2.45) is 5.92 Å². The van der Waals surface area contributed by atoms with Crippen molar-refractivity contribution in [2.45, 2.75) is 47.1 Å². The molecule has 1 saturated heterocycles. The van der Waals surface area contributed by atoms with E-state index in [1.54, 1.807) is 0 Å². The normalized spacial score (nSPS) is 22.4. The van der Waals surface area contributed by atoms with E-state index in [4.69, 9.17) is 0 Å². The van der Waals surface area contributed by atoms with Crippen molar-refractivity contribution >= 4 is 9.84 Å². The highest BCUT2D eigenvalue weighted by Crippen LogP contribution is 2.36. The van der Waals surface area contributed by atoms with Gasteiger partial charge in [-0.05, 0) is 74.4 Å². The molecule has 2 unspecified atom stereocenters. The summed E-state index contributed by atoms with van der Waals surface area (Å²) in [7, 11) is -2.85. The predicted octanol–water partition coefficient (Wildman–Crippen LogP) is 3.01. The van der Waals surface area contributed by atoms with Crippen LogP contribution in [0.1, 0.15) is 47.2 Å². The Hall–Kier alpha value is -0.870. The highest BCUT2D eigenvalue weighted by molar-refractivity contribution is 7.91. The van der Waals surface area contributed by atoms with Crippen LogP contribution in [-0.4, -0.2) is 26.5 Å². The Labute approximate surface area is 129 Å². The number of hydrogen-bond acceptors (Lipinski definition) is 3. The molecule has 1 aromatic rings. The Bertz CT molecular complexity index is 608. The van der Waals surface area contributed by atoms with Crippen LogP contribution in [0.25, 0.3) is 0 Å². The minimum Gasteiger partial charge on any atom is -0.310 e. The van der Waals surface area contributed by atoms with Crippen LogP contribution < -0.4 is 5.32 Å². The van der Waals surface area contributed by atoms with Crippen LogP contribution in [0.2, 0.25) is 0 Å². The molecule has 1 heterocycles. The van der Waals surface area contributed by atoms with Gasteiger partial charge in [0.2, 0.25) is 0 Å². The summed E-state index contributed by atoms with van der Waals surface area (Å²) in [4.78, 5) is 0. The number of sulfone groups is 1. The lowest BCUT2D eigenvalue weighted by atomic mass is 9.83. The molecule has 21 heavy (non-hydrogen) atoms. The van der Waals surface area contributed by atoms with Crippen LogP contribution in [0, 0.1) is 33.6 Å². The fraction of sp³-hybridized carbons (Fsp3) is 0.647. The van der Waals surface area contributed by atoms with Crippen LogP contribution in [0.3, 0.4) is 0 Å². The van der Waals surface area contributed by atoms with Gasteiger partial charge in [-0.2, -0.15) is 0 Å². The Morgan fingerprint density at radius 3 is 2.19 bits per heavy atom. The second kappa shape index (κ2) is 6.09. The SMILES string of the molecule is CCNC(c1c(C)c(C)cc(C)c1C)C1CCS(=O)(=O)C1. The van der Waals surface area contributed by atoms with E-state index in [0.29, 0.717) is 11.5 Å². The molecule has 4 heteroatoms. The van der Waals surface area contributed by atoms with E-state index in [0.717, 1.165) is 13.0 Å². The van der Waals surface area contributed by atoms with E-state index >= 15 is 0 Å². The summed E-state index contributed by atoms with van der Waals surface area (Å²) in [5.41, 5.74) is 6.49. The maximum Gasteiger partial charge on any atom is 0.150 e. The quantitative estimate of drug-likeness (QED) is 0.930. The van der Waals surface area contributed by atoms with Gasteiger partial charge in [0.1, 0.15) is 0 Å². The molecule has 0 bridgehead atoms. The standard InChI is InChI=1S/C17H27NO2S/c1-6-18-17(15-7-8-21(19,20)10-15)16-13(4)11(2)9-12(3)14(16)5/h9,15,17-18H,6-8,10H2,1-5H3. The van der Waals surface area contributed by atoms with Gasteiger partial charge in [0.05, 0.1) is 11.5 Å². The summed E-state index contributed by atoms with van der Waals surface area (Å²) < 4.78 is 23.7. The summed E-state index contributed by atoms with van der Waals surface area (Å²) in [6.07, 6.45) is 0.770. The maximum atomic E-state index is 11.9. The average Bonchev–Trinajstić information content (AvgIpc) is 2.76. The summed E-state index contributed by atoms with van der Waals surface area (Å²) >= 11 is 0. The lowest BCUT2D eigenvalue weighted by Gasteiger charge is -2.29. The first-order valence-corrected chi connectivity index (χ1v) is 9.60. The number of hydrogen-bond donors (Lipinski definition) is 1. The average molecular weight is 309 g/mol.